The maximum Gasteiger partial charge on any atom is 0.485 e. The first-order valence-electron chi connectivity index (χ1n) is 8.23. The molecule has 0 fully saturated rings. The summed E-state index contributed by atoms with van der Waals surface area (Å²) in [7, 11) is -7.80. The van der Waals surface area contributed by atoms with Gasteiger partial charge < -0.3 is 4.55 Å². The highest BCUT2D eigenvalue weighted by Crippen LogP contribution is 2.26. The molecule has 166 valence electrons. The number of hydrogen-bond donors (Lipinski definition) is 0. The van der Waals surface area contributed by atoms with E-state index in [0.29, 0.717) is 24.5 Å². The van der Waals surface area contributed by atoms with E-state index in [9.17, 15) is 21.6 Å². The molecular formula is C16H17ClF3N3O5S2. The van der Waals surface area contributed by atoms with E-state index >= 15 is 0 Å². The molecule has 0 saturated carbocycles. The van der Waals surface area contributed by atoms with Crippen molar-refractivity contribution in [3.63, 3.8) is 0 Å². The SMILES string of the molecule is C[n+]1ccn(S(=O)(=O)N2CC=C(c3cccc(Cl)c3)CC2)c1.O=S(=O)([O-])C(F)(F)F. The second-order valence-electron chi connectivity index (χ2n) is 6.16. The molecule has 0 N–H and O–H groups in total. The van der Waals surface area contributed by atoms with Crippen molar-refractivity contribution in [3.8, 4) is 0 Å². The minimum Gasteiger partial charge on any atom is -0.741 e. The molecule has 0 atom stereocenters. The Morgan fingerprint density at radius 2 is 1.83 bits per heavy atom. The van der Waals surface area contributed by atoms with E-state index in [4.69, 9.17) is 24.6 Å². The van der Waals surface area contributed by atoms with Crippen molar-refractivity contribution in [2.75, 3.05) is 13.1 Å². The number of benzene rings is 1. The molecule has 3 rings (SSSR count). The lowest BCUT2D eigenvalue weighted by Gasteiger charge is -2.23. The third-order valence-corrected chi connectivity index (χ3v) is 6.52. The van der Waals surface area contributed by atoms with Gasteiger partial charge in [-0.2, -0.15) is 25.9 Å². The Morgan fingerprint density at radius 1 is 1.20 bits per heavy atom. The van der Waals surface area contributed by atoms with Gasteiger partial charge >= 0.3 is 15.7 Å². The van der Waals surface area contributed by atoms with E-state index in [2.05, 4.69) is 0 Å². The molecule has 0 unspecified atom stereocenters. The molecule has 0 amide bonds. The predicted octanol–water partition coefficient (Wildman–Crippen LogP) is 1.90. The van der Waals surface area contributed by atoms with Crippen molar-refractivity contribution in [1.82, 2.24) is 8.28 Å². The van der Waals surface area contributed by atoms with Crippen LogP contribution < -0.4 is 4.57 Å². The van der Waals surface area contributed by atoms with Crippen LogP contribution in [0.5, 0.6) is 0 Å². The fraction of sp³-hybridized carbons (Fsp3) is 0.312. The highest BCUT2D eigenvalue weighted by Gasteiger charge is 2.37. The number of hydrogen-bond acceptors (Lipinski definition) is 5. The maximum absolute atomic E-state index is 12.5. The molecule has 0 aliphatic carbocycles. The molecule has 1 aliphatic heterocycles. The molecule has 0 radical (unpaired) electrons. The summed E-state index contributed by atoms with van der Waals surface area (Å²) in [4.78, 5) is 0. The van der Waals surface area contributed by atoms with Crippen molar-refractivity contribution in [3.05, 3.63) is 59.6 Å². The topological polar surface area (TPSA) is 103 Å². The van der Waals surface area contributed by atoms with Crippen LogP contribution in [-0.4, -0.2) is 48.3 Å². The average Bonchev–Trinajstić information content (AvgIpc) is 3.08. The van der Waals surface area contributed by atoms with Crippen molar-refractivity contribution in [1.29, 1.82) is 0 Å². The number of aryl methyl sites for hydroxylation is 1. The number of rotatable bonds is 3. The number of imidazole rings is 1. The van der Waals surface area contributed by atoms with Crippen LogP contribution in [0.25, 0.3) is 5.57 Å². The number of nitrogens with zero attached hydrogens (tertiary/aromatic N) is 3. The van der Waals surface area contributed by atoms with Crippen LogP contribution in [0.2, 0.25) is 5.02 Å². The first-order chi connectivity index (χ1) is 13.7. The lowest BCUT2D eigenvalue weighted by atomic mass is 10.0. The molecule has 14 heteroatoms. The van der Waals surface area contributed by atoms with Gasteiger partial charge in [-0.1, -0.05) is 29.8 Å². The normalized spacial score (nSPS) is 15.9. The van der Waals surface area contributed by atoms with Crippen LogP contribution in [0.15, 0.2) is 49.1 Å². The van der Waals surface area contributed by atoms with Gasteiger partial charge in [-0.3, -0.25) is 0 Å². The Kier molecular flexibility index (Phi) is 7.35. The third-order valence-electron chi connectivity index (χ3n) is 3.99. The van der Waals surface area contributed by atoms with Gasteiger partial charge in [-0.15, -0.1) is 3.97 Å². The predicted molar refractivity (Wildman–Crippen MR) is 101 cm³/mol. The first kappa shape index (κ1) is 24.3. The van der Waals surface area contributed by atoms with Crippen molar-refractivity contribution in [2.45, 2.75) is 11.9 Å². The summed E-state index contributed by atoms with van der Waals surface area (Å²) in [5.74, 6) is 0. The Balaban J connectivity index is 0.000000343. The standard InChI is InChI=1S/C15H17ClN3O2S.CHF3O3S/c1-17-9-10-19(12-17)22(20,21)18-7-5-13(6-8-18)14-3-2-4-15(16)11-14;2-1(3,4)8(5,6)7/h2-5,9-12H,6-8H2,1H3;(H,5,6,7)/q+1;/p-1. The van der Waals surface area contributed by atoms with Crippen LogP contribution in [-0.2, 0) is 27.4 Å². The molecule has 30 heavy (non-hydrogen) atoms. The van der Waals surface area contributed by atoms with Gasteiger partial charge in [0.15, 0.2) is 10.1 Å². The Labute approximate surface area is 176 Å². The van der Waals surface area contributed by atoms with Crippen LogP contribution in [0, 0.1) is 0 Å². The smallest absolute Gasteiger partial charge is 0.485 e. The number of halogens is 4. The molecule has 1 aliphatic rings. The minimum absolute atomic E-state index is 0.367. The summed E-state index contributed by atoms with van der Waals surface area (Å²) in [5.41, 5.74) is -3.46. The third kappa shape index (κ3) is 6.04. The van der Waals surface area contributed by atoms with Crippen LogP contribution in [0.1, 0.15) is 12.0 Å². The van der Waals surface area contributed by atoms with Gasteiger partial charge in [0.1, 0.15) is 12.4 Å². The lowest BCUT2D eigenvalue weighted by Crippen LogP contribution is -2.38. The second kappa shape index (κ2) is 9.06. The molecule has 8 nitrogen and oxygen atoms in total. The molecule has 0 bridgehead atoms. The summed E-state index contributed by atoms with van der Waals surface area (Å²) < 4.78 is 88.4. The van der Waals surface area contributed by atoms with Gasteiger partial charge in [0, 0.05) is 18.1 Å². The summed E-state index contributed by atoms with van der Waals surface area (Å²) in [6.07, 6.45) is 7.43. The van der Waals surface area contributed by atoms with Crippen LogP contribution >= 0.6 is 11.6 Å². The summed E-state index contributed by atoms with van der Waals surface area (Å²) in [6.45, 7) is 0.828. The fourth-order valence-electron chi connectivity index (χ4n) is 2.51. The number of aromatic nitrogens is 2. The van der Waals surface area contributed by atoms with E-state index in [0.717, 1.165) is 11.1 Å². The first-order valence-corrected chi connectivity index (χ1v) is 11.4. The monoisotopic (exact) mass is 487 g/mol. The highest BCUT2D eigenvalue weighted by atomic mass is 35.5. The zero-order valence-corrected chi connectivity index (χ0v) is 17.8. The Hall–Kier alpha value is -1.93. The minimum atomic E-state index is -6.09. The zero-order valence-electron chi connectivity index (χ0n) is 15.5. The van der Waals surface area contributed by atoms with E-state index in [-0.39, 0.29) is 0 Å². The fourth-order valence-corrected chi connectivity index (χ4v) is 4.03. The lowest BCUT2D eigenvalue weighted by molar-refractivity contribution is -0.670. The Morgan fingerprint density at radius 3 is 2.27 bits per heavy atom. The van der Waals surface area contributed by atoms with Crippen LogP contribution in [0.3, 0.4) is 0 Å². The van der Waals surface area contributed by atoms with Crippen molar-refractivity contribution >= 4 is 37.5 Å². The maximum atomic E-state index is 12.5. The Bertz CT molecular complexity index is 1140. The number of alkyl halides is 3. The molecule has 0 spiro atoms. The average molecular weight is 488 g/mol. The van der Waals surface area contributed by atoms with E-state index < -0.39 is 25.8 Å². The molecule has 2 aromatic rings. The summed E-state index contributed by atoms with van der Waals surface area (Å²) in [6, 6.07) is 7.63. The quantitative estimate of drug-likeness (QED) is 0.374. The van der Waals surface area contributed by atoms with Crippen LogP contribution in [0.4, 0.5) is 13.2 Å². The molecule has 2 heterocycles. The van der Waals surface area contributed by atoms with Gasteiger partial charge in [0.25, 0.3) is 6.33 Å². The molecule has 0 saturated heterocycles. The van der Waals surface area contributed by atoms with Gasteiger partial charge in [0.05, 0.1) is 7.05 Å². The van der Waals surface area contributed by atoms with E-state index in [1.165, 1.54) is 8.28 Å². The highest BCUT2D eigenvalue weighted by molar-refractivity contribution is 7.87. The van der Waals surface area contributed by atoms with E-state index in [1.54, 1.807) is 30.3 Å². The van der Waals surface area contributed by atoms with Gasteiger partial charge in [-0.25, -0.2) is 13.0 Å². The second-order valence-corrected chi connectivity index (χ2v) is 9.81. The zero-order chi connectivity index (χ0) is 22.7. The molecule has 1 aromatic carbocycles. The van der Waals surface area contributed by atoms with Crippen molar-refractivity contribution in [2.24, 2.45) is 7.05 Å². The summed E-state index contributed by atoms with van der Waals surface area (Å²) >= 11 is 6.01. The largest absolute Gasteiger partial charge is 0.741 e. The summed E-state index contributed by atoms with van der Waals surface area (Å²) in [5, 5.41) is 0.688. The van der Waals surface area contributed by atoms with Gasteiger partial charge in [-0.05, 0) is 29.7 Å². The van der Waals surface area contributed by atoms with Gasteiger partial charge in [0.2, 0.25) is 0 Å². The van der Waals surface area contributed by atoms with Crippen molar-refractivity contribution < 1.29 is 39.1 Å². The van der Waals surface area contributed by atoms with E-state index in [1.807, 2.05) is 30.3 Å². The molecule has 1 aromatic heterocycles. The molecular weight excluding hydrogens is 471 g/mol.